The molecule has 16 heavy (non-hydrogen) atoms. The minimum absolute atomic E-state index is 0.453. The number of benzene rings is 1. The molecule has 1 aromatic carbocycles. The van der Waals surface area contributed by atoms with Crippen LogP contribution in [0.15, 0.2) is 24.4 Å². The van der Waals surface area contributed by atoms with Gasteiger partial charge in [-0.15, -0.1) is 0 Å². The molecule has 2 nitrogen and oxygen atoms in total. The Kier molecular flexibility index (Phi) is 2.07. The van der Waals surface area contributed by atoms with Crippen LogP contribution in [0.2, 0.25) is 5.02 Å². The predicted octanol–water partition coefficient (Wildman–Crippen LogP) is 2.90. The zero-order chi connectivity index (χ0) is 11.3. The topological polar surface area (TPSA) is 25.2 Å². The lowest BCUT2D eigenvalue weighted by atomic mass is 10.0. The average Bonchev–Trinajstić information content (AvgIpc) is 2.87. The van der Waals surface area contributed by atoms with E-state index in [4.69, 9.17) is 11.6 Å². The van der Waals surface area contributed by atoms with Crippen molar-refractivity contribution < 1.29 is 5.11 Å². The lowest BCUT2D eigenvalue weighted by Crippen LogP contribution is -2.11. The molecule has 0 unspecified atom stereocenters. The third-order valence-corrected chi connectivity index (χ3v) is 3.68. The molecule has 1 N–H and O–H groups in total. The molecule has 0 bridgehead atoms. The molecule has 1 fully saturated rings. The van der Waals surface area contributed by atoms with E-state index in [0.717, 1.165) is 35.2 Å². The lowest BCUT2D eigenvalue weighted by molar-refractivity contribution is 0.151. The van der Waals surface area contributed by atoms with Crippen molar-refractivity contribution >= 4 is 22.5 Å². The first kappa shape index (κ1) is 10.2. The number of nitrogens with zero attached hydrogens (tertiary/aromatic N) is 1. The summed E-state index contributed by atoms with van der Waals surface area (Å²) in [7, 11) is 1.99. The van der Waals surface area contributed by atoms with Gasteiger partial charge >= 0.3 is 0 Å². The molecule has 1 aliphatic rings. The van der Waals surface area contributed by atoms with Crippen molar-refractivity contribution in [1.29, 1.82) is 0 Å². The van der Waals surface area contributed by atoms with Crippen molar-refractivity contribution in [3.63, 3.8) is 0 Å². The number of aliphatic hydroxyl groups is 1. The van der Waals surface area contributed by atoms with Crippen LogP contribution in [-0.4, -0.2) is 15.3 Å². The number of rotatable bonds is 2. The van der Waals surface area contributed by atoms with Gasteiger partial charge < -0.3 is 9.67 Å². The first-order valence-electron chi connectivity index (χ1n) is 5.54. The fraction of sp³-hybridized carbons (Fsp3) is 0.385. The van der Waals surface area contributed by atoms with E-state index in [1.807, 2.05) is 29.9 Å². The molecule has 1 aliphatic carbocycles. The second kappa shape index (κ2) is 3.25. The highest BCUT2D eigenvalue weighted by atomic mass is 35.5. The van der Waals surface area contributed by atoms with Gasteiger partial charge in [0.2, 0.25) is 0 Å². The maximum Gasteiger partial charge on any atom is 0.0690 e. The second-order valence-corrected chi connectivity index (χ2v) is 5.21. The Morgan fingerprint density at radius 2 is 2.19 bits per heavy atom. The van der Waals surface area contributed by atoms with Crippen LogP contribution in [0.1, 0.15) is 18.4 Å². The van der Waals surface area contributed by atoms with Gasteiger partial charge in [-0.25, -0.2) is 0 Å². The normalized spacial score (nSPS) is 17.9. The summed E-state index contributed by atoms with van der Waals surface area (Å²) in [6.07, 6.45) is 4.49. The number of fused-ring (bicyclic) bond motifs is 1. The molecule has 1 saturated carbocycles. The largest absolute Gasteiger partial charge is 0.390 e. The second-order valence-electron chi connectivity index (χ2n) is 4.80. The summed E-state index contributed by atoms with van der Waals surface area (Å²) in [6, 6.07) is 6.11. The molecule has 84 valence electrons. The molecule has 1 heterocycles. The van der Waals surface area contributed by atoms with Crippen LogP contribution in [0, 0.1) is 0 Å². The Hall–Kier alpha value is -0.990. The molecule has 0 amide bonds. The minimum Gasteiger partial charge on any atom is -0.390 e. The SMILES string of the molecule is Cn1cc(Cl)c2cccc(CC3(O)CC3)c21. The monoisotopic (exact) mass is 235 g/mol. The summed E-state index contributed by atoms with van der Waals surface area (Å²) in [5.41, 5.74) is 1.88. The Balaban J connectivity index is 2.16. The summed E-state index contributed by atoms with van der Waals surface area (Å²) < 4.78 is 2.04. The maximum atomic E-state index is 10.00. The molecule has 0 saturated heterocycles. The van der Waals surface area contributed by atoms with Gasteiger partial charge in [0, 0.05) is 25.1 Å². The van der Waals surface area contributed by atoms with Crippen molar-refractivity contribution in [3.05, 3.63) is 35.0 Å². The Bertz CT molecular complexity index is 554. The van der Waals surface area contributed by atoms with E-state index in [-0.39, 0.29) is 0 Å². The van der Waals surface area contributed by atoms with Crippen molar-refractivity contribution in [2.24, 2.45) is 7.05 Å². The Morgan fingerprint density at radius 1 is 1.44 bits per heavy atom. The maximum absolute atomic E-state index is 10.00. The summed E-state index contributed by atoms with van der Waals surface area (Å²) in [5, 5.41) is 11.9. The Labute approximate surface area is 99.4 Å². The molecule has 3 heteroatoms. The summed E-state index contributed by atoms with van der Waals surface area (Å²) in [4.78, 5) is 0. The van der Waals surface area contributed by atoms with Gasteiger partial charge in [-0.3, -0.25) is 0 Å². The van der Waals surface area contributed by atoms with Gasteiger partial charge in [-0.2, -0.15) is 0 Å². The van der Waals surface area contributed by atoms with Gasteiger partial charge in [0.15, 0.2) is 0 Å². The van der Waals surface area contributed by atoms with Crippen molar-refractivity contribution in [2.45, 2.75) is 24.9 Å². The van der Waals surface area contributed by atoms with Gasteiger partial charge in [0.05, 0.1) is 16.1 Å². The third kappa shape index (κ3) is 1.53. The zero-order valence-electron chi connectivity index (χ0n) is 9.20. The number of aryl methyl sites for hydroxylation is 1. The van der Waals surface area contributed by atoms with Crippen LogP contribution in [0.4, 0.5) is 0 Å². The number of hydrogen-bond acceptors (Lipinski definition) is 1. The fourth-order valence-electron chi connectivity index (χ4n) is 2.32. The third-order valence-electron chi connectivity index (χ3n) is 3.38. The summed E-state index contributed by atoms with van der Waals surface area (Å²) >= 11 is 6.15. The molecule has 0 atom stereocenters. The summed E-state index contributed by atoms with van der Waals surface area (Å²) in [5.74, 6) is 0. The molecular weight excluding hydrogens is 222 g/mol. The smallest absolute Gasteiger partial charge is 0.0690 e. The van der Waals surface area contributed by atoms with Crippen LogP contribution in [-0.2, 0) is 13.5 Å². The van der Waals surface area contributed by atoms with Crippen molar-refractivity contribution in [1.82, 2.24) is 4.57 Å². The van der Waals surface area contributed by atoms with Crippen LogP contribution in [0.25, 0.3) is 10.9 Å². The fourth-order valence-corrected chi connectivity index (χ4v) is 2.62. The van der Waals surface area contributed by atoms with Gasteiger partial charge in [0.25, 0.3) is 0 Å². The molecule has 0 aliphatic heterocycles. The van der Waals surface area contributed by atoms with Crippen LogP contribution in [0.5, 0.6) is 0 Å². The van der Waals surface area contributed by atoms with Crippen molar-refractivity contribution in [2.75, 3.05) is 0 Å². The number of hydrogen-bond donors (Lipinski definition) is 1. The van der Waals surface area contributed by atoms with Crippen LogP contribution < -0.4 is 0 Å². The highest BCUT2D eigenvalue weighted by Crippen LogP contribution is 2.40. The van der Waals surface area contributed by atoms with Gasteiger partial charge in [0.1, 0.15) is 0 Å². The minimum atomic E-state index is -0.453. The standard InChI is InChI=1S/C13H14ClNO/c1-15-8-11(14)10-4-2-3-9(12(10)15)7-13(16)5-6-13/h2-4,8,16H,5-7H2,1H3. The van der Waals surface area contributed by atoms with Crippen LogP contribution >= 0.6 is 11.6 Å². The molecule has 3 rings (SSSR count). The number of halogens is 1. The van der Waals surface area contributed by atoms with E-state index < -0.39 is 5.60 Å². The van der Waals surface area contributed by atoms with E-state index in [1.165, 1.54) is 5.56 Å². The number of para-hydroxylation sites is 1. The molecular formula is C13H14ClNO. The van der Waals surface area contributed by atoms with Gasteiger partial charge in [-0.05, 0) is 18.4 Å². The Morgan fingerprint density at radius 3 is 2.88 bits per heavy atom. The zero-order valence-corrected chi connectivity index (χ0v) is 9.96. The first-order valence-corrected chi connectivity index (χ1v) is 5.92. The lowest BCUT2D eigenvalue weighted by Gasteiger charge is -2.10. The van der Waals surface area contributed by atoms with Crippen molar-refractivity contribution in [3.8, 4) is 0 Å². The van der Waals surface area contributed by atoms with E-state index >= 15 is 0 Å². The summed E-state index contributed by atoms with van der Waals surface area (Å²) in [6.45, 7) is 0. The first-order chi connectivity index (χ1) is 7.59. The highest BCUT2D eigenvalue weighted by Gasteiger charge is 2.40. The molecule has 2 aromatic rings. The van der Waals surface area contributed by atoms with E-state index in [0.29, 0.717) is 0 Å². The average molecular weight is 236 g/mol. The number of aromatic nitrogens is 1. The van der Waals surface area contributed by atoms with Gasteiger partial charge in [-0.1, -0.05) is 29.8 Å². The van der Waals surface area contributed by atoms with E-state index in [9.17, 15) is 5.11 Å². The molecule has 0 radical (unpaired) electrons. The van der Waals surface area contributed by atoms with E-state index in [2.05, 4.69) is 6.07 Å². The highest BCUT2D eigenvalue weighted by molar-refractivity contribution is 6.35. The molecule has 0 spiro atoms. The quantitative estimate of drug-likeness (QED) is 0.851. The predicted molar refractivity (Wildman–Crippen MR) is 65.8 cm³/mol. The van der Waals surface area contributed by atoms with Crippen LogP contribution in [0.3, 0.4) is 0 Å². The molecule has 1 aromatic heterocycles. The van der Waals surface area contributed by atoms with E-state index in [1.54, 1.807) is 0 Å².